The summed E-state index contributed by atoms with van der Waals surface area (Å²) in [6.45, 7) is 4.57. The SMILES string of the molecule is CCOc1ccccc1C(=O)CC1CCCNC1. The third-order valence-electron chi connectivity index (χ3n) is 3.36. The predicted molar refractivity (Wildman–Crippen MR) is 72.2 cm³/mol. The largest absolute Gasteiger partial charge is 0.493 e. The molecular weight excluding hydrogens is 226 g/mol. The Hall–Kier alpha value is -1.35. The zero-order chi connectivity index (χ0) is 12.8. The monoisotopic (exact) mass is 247 g/mol. The summed E-state index contributed by atoms with van der Waals surface area (Å²) in [7, 11) is 0. The highest BCUT2D eigenvalue weighted by atomic mass is 16.5. The molecule has 1 aromatic carbocycles. The number of Topliss-reactive ketones (excluding diaryl/α,β-unsaturated/α-hetero) is 1. The number of benzene rings is 1. The molecule has 3 heteroatoms. The lowest BCUT2D eigenvalue weighted by Gasteiger charge is -2.22. The number of piperidine rings is 1. The maximum absolute atomic E-state index is 12.3. The van der Waals surface area contributed by atoms with Gasteiger partial charge in [-0.15, -0.1) is 0 Å². The van der Waals surface area contributed by atoms with Gasteiger partial charge in [-0.25, -0.2) is 0 Å². The van der Waals surface area contributed by atoms with Crippen LogP contribution in [0.15, 0.2) is 24.3 Å². The Morgan fingerprint density at radius 2 is 2.28 bits per heavy atom. The van der Waals surface area contributed by atoms with Crippen molar-refractivity contribution in [1.29, 1.82) is 0 Å². The lowest BCUT2D eigenvalue weighted by atomic mass is 9.92. The fourth-order valence-electron chi connectivity index (χ4n) is 2.45. The second-order valence-corrected chi connectivity index (χ2v) is 4.77. The minimum absolute atomic E-state index is 0.202. The molecule has 1 heterocycles. The normalized spacial score (nSPS) is 19.5. The van der Waals surface area contributed by atoms with E-state index in [1.54, 1.807) is 0 Å². The molecule has 0 saturated carbocycles. The molecule has 98 valence electrons. The second kappa shape index (κ2) is 6.55. The van der Waals surface area contributed by atoms with E-state index in [2.05, 4.69) is 5.32 Å². The summed E-state index contributed by atoms with van der Waals surface area (Å²) < 4.78 is 5.51. The van der Waals surface area contributed by atoms with Crippen LogP contribution in [0.2, 0.25) is 0 Å². The van der Waals surface area contributed by atoms with Gasteiger partial charge in [0.2, 0.25) is 0 Å². The average molecular weight is 247 g/mol. The molecule has 2 rings (SSSR count). The Morgan fingerprint density at radius 1 is 1.44 bits per heavy atom. The van der Waals surface area contributed by atoms with Crippen LogP contribution in [0, 0.1) is 5.92 Å². The molecule has 1 aliphatic rings. The first-order valence-electron chi connectivity index (χ1n) is 6.77. The Bertz CT molecular complexity index is 397. The lowest BCUT2D eigenvalue weighted by Crippen LogP contribution is -2.31. The zero-order valence-corrected chi connectivity index (χ0v) is 10.9. The van der Waals surface area contributed by atoms with Crippen molar-refractivity contribution in [3.05, 3.63) is 29.8 Å². The molecule has 1 aliphatic heterocycles. The number of hydrogen-bond donors (Lipinski definition) is 1. The molecule has 1 N–H and O–H groups in total. The fraction of sp³-hybridized carbons (Fsp3) is 0.533. The Labute approximate surface area is 109 Å². The van der Waals surface area contributed by atoms with E-state index in [1.165, 1.54) is 6.42 Å². The van der Waals surface area contributed by atoms with Crippen molar-refractivity contribution in [3.8, 4) is 5.75 Å². The number of ether oxygens (including phenoxy) is 1. The van der Waals surface area contributed by atoms with Gasteiger partial charge in [0.05, 0.1) is 12.2 Å². The van der Waals surface area contributed by atoms with Crippen molar-refractivity contribution in [2.45, 2.75) is 26.2 Å². The lowest BCUT2D eigenvalue weighted by molar-refractivity contribution is 0.0950. The van der Waals surface area contributed by atoms with Crippen molar-refractivity contribution < 1.29 is 9.53 Å². The maximum Gasteiger partial charge on any atom is 0.166 e. The molecule has 0 bridgehead atoms. The van der Waals surface area contributed by atoms with Crippen LogP contribution >= 0.6 is 0 Å². The van der Waals surface area contributed by atoms with E-state index in [0.29, 0.717) is 24.7 Å². The first-order chi connectivity index (χ1) is 8.81. The molecule has 0 aliphatic carbocycles. The number of para-hydroxylation sites is 1. The highest BCUT2D eigenvalue weighted by molar-refractivity contribution is 5.98. The van der Waals surface area contributed by atoms with E-state index in [-0.39, 0.29) is 5.78 Å². The van der Waals surface area contributed by atoms with Crippen molar-refractivity contribution >= 4 is 5.78 Å². The standard InChI is InChI=1S/C15H21NO2/c1-2-18-15-8-4-3-7-13(15)14(17)10-12-6-5-9-16-11-12/h3-4,7-8,12,16H,2,5-6,9-11H2,1H3. The van der Waals surface area contributed by atoms with Gasteiger partial charge in [0.15, 0.2) is 5.78 Å². The Morgan fingerprint density at radius 3 is 3.00 bits per heavy atom. The van der Waals surface area contributed by atoms with Crippen molar-refractivity contribution in [1.82, 2.24) is 5.32 Å². The number of hydrogen-bond acceptors (Lipinski definition) is 3. The third-order valence-corrected chi connectivity index (χ3v) is 3.36. The fourth-order valence-corrected chi connectivity index (χ4v) is 2.45. The molecule has 0 amide bonds. The van der Waals surface area contributed by atoms with Gasteiger partial charge in [-0.2, -0.15) is 0 Å². The summed E-state index contributed by atoms with van der Waals surface area (Å²) >= 11 is 0. The maximum atomic E-state index is 12.3. The van der Waals surface area contributed by atoms with Crippen LogP contribution in [0.25, 0.3) is 0 Å². The Kier molecular flexibility index (Phi) is 4.76. The van der Waals surface area contributed by atoms with Crippen LogP contribution in [0.4, 0.5) is 0 Å². The van der Waals surface area contributed by atoms with Gasteiger partial charge in [0.25, 0.3) is 0 Å². The summed E-state index contributed by atoms with van der Waals surface area (Å²) in [6, 6.07) is 7.54. The van der Waals surface area contributed by atoms with Crippen LogP contribution in [-0.4, -0.2) is 25.5 Å². The number of rotatable bonds is 5. The minimum atomic E-state index is 0.202. The molecule has 0 spiro atoms. The molecule has 1 saturated heterocycles. The summed E-state index contributed by atoms with van der Waals surface area (Å²) in [5, 5.41) is 3.35. The summed E-state index contributed by atoms with van der Waals surface area (Å²) in [5.41, 5.74) is 0.727. The molecule has 18 heavy (non-hydrogen) atoms. The minimum Gasteiger partial charge on any atom is -0.493 e. The first kappa shape index (κ1) is 13.1. The van der Waals surface area contributed by atoms with Crippen LogP contribution in [-0.2, 0) is 0 Å². The van der Waals surface area contributed by atoms with Gasteiger partial charge in [-0.05, 0) is 50.9 Å². The van der Waals surface area contributed by atoms with Crippen molar-refractivity contribution in [3.63, 3.8) is 0 Å². The van der Waals surface area contributed by atoms with E-state index < -0.39 is 0 Å². The quantitative estimate of drug-likeness (QED) is 0.813. The molecular formula is C15H21NO2. The van der Waals surface area contributed by atoms with Crippen LogP contribution in [0.1, 0.15) is 36.5 Å². The van der Waals surface area contributed by atoms with Crippen LogP contribution in [0.3, 0.4) is 0 Å². The third kappa shape index (κ3) is 3.33. The number of ketones is 1. The average Bonchev–Trinajstić information content (AvgIpc) is 2.41. The van der Waals surface area contributed by atoms with Crippen molar-refractivity contribution in [2.75, 3.05) is 19.7 Å². The summed E-state index contributed by atoms with van der Waals surface area (Å²) in [4.78, 5) is 12.3. The van der Waals surface area contributed by atoms with Gasteiger partial charge < -0.3 is 10.1 Å². The molecule has 1 fully saturated rings. The van der Waals surface area contributed by atoms with Crippen LogP contribution in [0.5, 0.6) is 5.75 Å². The first-order valence-corrected chi connectivity index (χ1v) is 6.77. The van der Waals surface area contributed by atoms with Gasteiger partial charge in [0, 0.05) is 6.42 Å². The highest BCUT2D eigenvalue weighted by Gasteiger charge is 2.19. The number of carbonyl (C=O) groups is 1. The molecule has 1 unspecified atom stereocenters. The Balaban J connectivity index is 2.03. The molecule has 0 aromatic heterocycles. The smallest absolute Gasteiger partial charge is 0.166 e. The van der Waals surface area contributed by atoms with Gasteiger partial charge in [-0.1, -0.05) is 12.1 Å². The predicted octanol–water partition coefficient (Wildman–Crippen LogP) is 2.66. The summed E-state index contributed by atoms with van der Waals surface area (Å²) in [6.07, 6.45) is 2.94. The topological polar surface area (TPSA) is 38.3 Å². The zero-order valence-electron chi connectivity index (χ0n) is 10.9. The van der Waals surface area contributed by atoms with Crippen LogP contribution < -0.4 is 10.1 Å². The van der Waals surface area contributed by atoms with Gasteiger partial charge in [0.1, 0.15) is 5.75 Å². The van der Waals surface area contributed by atoms with E-state index in [1.807, 2.05) is 31.2 Å². The second-order valence-electron chi connectivity index (χ2n) is 4.77. The van der Waals surface area contributed by atoms with E-state index in [4.69, 9.17) is 4.74 Å². The molecule has 0 radical (unpaired) electrons. The summed E-state index contributed by atoms with van der Waals surface area (Å²) in [5.74, 6) is 1.39. The van der Waals surface area contributed by atoms with Gasteiger partial charge in [-0.3, -0.25) is 4.79 Å². The van der Waals surface area contributed by atoms with E-state index >= 15 is 0 Å². The van der Waals surface area contributed by atoms with E-state index in [9.17, 15) is 4.79 Å². The van der Waals surface area contributed by atoms with Crippen molar-refractivity contribution in [2.24, 2.45) is 5.92 Å². The molecule has 1 aromatic rings. The molecule has 1 atom stereocenters. The van der Waals surface area contributed by atoms with Gasteiger partial charge >= 0.3 is 0 Å². The van der Waals surface area contributed by atoms with E-state index in [0.717, 1.165) is 25.1 Å². The molecule has 3 nitrogen and oxygen atoms in total. The number of carbonyl (C=O) groups excluding carboxylic acids is 1. The highest BCUT2D eigenvalue weighted by Crippen LogP contribution is 2.23. The number of nitrogens with one attached hydrogen (secondary N) is 1.